The Morgan fingerprint density at radius 2 is 2.19 bits per heavy atom. The van der Waals surface area contributed by atoms with Gasteiger partial charge in [0.05, 0.1) is 7.11 Å². The Kier molecular flexibility index (Phi) is 4.31. The van der Waals surface area contributed by atoms with Crippen molar-refractivity contribution in [1.29, 1.82) is 0 Å². The van der Waals surface area contributed by atoms with Crippen molar-refractivity contribution >= 4 is 5.97 Å². The highest BCUT2D eigenvalue weighted by molar-refractivity contribution is 5.91. The third-order valence-corrected chi connectivity index (χ3v) is 2.21. The second-order valence-electron chi connectivity index (χ2n) is 3.88. The Morgan fingerprint density at radius 3 is 2.69 bits per heavy atom. The normalized spacial score (nSPS) is 10.5. The highest BCUT2D eigenvalue weighted by Gasteiger charge is 2.11. The number of carboxylic acids is 1. The van der Waals surface area contributed by atoms with Gasteiger partial charge in [0.15, 0.2) is 0 Å². The zero-order chi connectivity index (χ0) is 12.1. The minimum atomic E-state index is -0.969. The molecule has 1 rings (SSSR count). The van der Waals surface area contributed by atoms with Gasteiger partial charge in [-0.1, -0.05) is 19.9 Å². The molecule has 0 aliphatic rings. The van der Waals surface area contributed by atoms with Crippen molar-refractivity contribution in [3.05, 3.63) is 29.3 Å². The molecule has 1 aromatic carbocycles. The first kappa shape index (κ1) is 12.5. The fourth-order valence-corrected chi connectivity index (χ4v) is 1.35. The number of benzene rings is 1. The molecule has 0 unspecified atom stereocenters. The number of methoxy groups -OCH3 is 1. The van der Waals surface area contributed by atoms with E-state index in [0.29, 0.717) is 18.3 Å². The number of nitrogens with one attached hydrogen (secondary N) is 1. The SMILES string of the molecule is COc1ccc(CNC(C)C)cc1C(=O)O. The maximum absolute atomic E-state index is 11.0. The quantitative estimate of drug-likeness (QED) is 0.800. The van der Waals surface area contributed by atoms with E-state index in [0.717, 1.165) is 5.56 Å². The lowest BCUT2D eigenvalue weighted by Gasteiger charge is -2.10. The van der Waals surface area contributed by atoms with Gasteiger partial charge in [0, 0.05) is 12.6 Å². The van der Waals surface area contributed by atoms with Crippen molar-refractivity contribution in [3.63, 3.8) is 0 Å². The lowest BCUT2D eigenvalue weighted by atomic mass is 10.1. The van der Waals surface area contributed by atoms with Crippen LogP contribution in [0.3, 0.4) is 0 Å². The molecule has 0 aromatic heterocycles. The molecule has 1 aromatic rings. The van der Waals surface area contributed by atoms with Crippen LogP contribution in [0.5, 0.6) is 5.75 Å². The maximum atomic E-state index is 11.0. The van der Waals surface area contributed by atoms with Gasteiger partial charge in [-0.15, -0.1) is 0 Å². The van der Waals surface area contributed by atoms with Crippen molar-refractivity contribution in [1.82, 2.24) is 5.32 Å². The van der Waals surface area contributed by atoms with Gasteiger partial charge in [0.1, 0.15) is 11.3 Å². The molecule has 16 heavy (non-hydrogen) atoms. The minimum Gasteiger partial charge on any atom is -0.496 e. The summed E-state index contributed by atoms with van der Waals surface area (Å²) >= 11 is 0. The van der Waals surface area contributed by atoms with Crippen LogP contribution in [0.1, 0.15) is 29.8 Å². The molecule has 0 heterocycles. The number of carboxylic acid groups (broad SMARTS) is 1. The van der Waals surface area contributed by atoms with Crippen LogP contribution in [0.4, 0.5) is 0 Å². The zero-order valence-corrected chi connectivity index (χ0v) is 9.78. The molecule has 0 spiro atoms. The van der Waals surface area contributed by atoms with Gasteiger partial charge in [-0.25, -0.2) is 4.79 Å². The molecule has 0 aliphatic carbocycles. The van der Waals surface area contributed by atoms with Gasteiger partial charge in [0.25, 0.3) is 0 Å². The average molecular weight is 223 g/mol. The molecule has 0 saturated heterocycles. The molecule has 0 saturated carbocycles. The molecule has 0 atom stereocenters. The second kappa shape index (κ2) is 5.51. The topological polar surface area (TPSA) is 58.6 Å². The van der Waals surface area contributed by atoms with E-state index in [1.54, 1.807) is 12.1 Å². The van der Waals surface area contributed by atoms with E-state index in [1.165, 1.54) is 7.11 Å². The van der Waals surface area contributed by atoms with Crippen LogP contribution in [0.2, 0.25) is 0 Å². The van der Waals surface area contributed by atoms with Crippen LogP contribution in [0, 0.1) is 0 Å². The first-order chi connectivity index (χ1) is 7.54. The summed E-state index contributed by atoms with van der Waals surface area (Å²) in [5, 5.41) is 12.2. The number of ether oxygens (including phenoxy) is 1. The third-order valence-electron chi connectivity index (χ3n) is 2.21. The maximum Gasteiger partial charge on any atom is 0.339 e. The Hall–Kier alpha value is -1.55. The molecule has 2 N–H and O–H groups in total. The van der Waals surface area contributed by atoms with Gasteiger partial charge < -0.3 is 15.2 Å². The molecule has 4 heteroatoms. The molecule has 88 valence electrons. The lowest BCUT2D eigenvalue weighted by Crippen LogP contribution is -2.22. The minimum absolute atomic E-state index is 0.200. The van der Waals surface area contributed by atoms with Crippen LogP contribution >= 0.6 is 0 Å². The Morgan fingerprint density at radius 1 is 1.50 bits per heavy atom. The fraction of sp³-hybridized carbons (Fsp3) is 0.417. The van der Waals surface area contributed by atoms with E-state index in [9.17, 15) is 4.79 Å². The molecule has 0 amide bonds. The van der Waals surface area contributed by atoms with Crippen LogP contribution in [0.15, 0.2) is 18.2 Å². The van der Waals surface area contributed by atoms with Crippen molar-refractivity contribution < 1.29 is 14.6 Å². The monoisotopic (exact) mass is 223 g/mol. The smallest absolute Gasteiger partial charge is 0.339 e. The summed E-state index contributed by atoms with van der Waals surface area (Å²) in [6.07, 6.45) is 0. The second-order valence-corrected chi connectivity index (χ2v) is 3.88. The summed E-state index contributed by atoms with van der Waals surface area (Å²) in [5.74, 6) is -0.580. The number of hydrogen-bond donors (Lipinski definition) is 2. The Balaban J connectivity index is 2.89. The average Bonchev–Trinajstić information content (AvgIpc) is 2.25. The molecule has 0 aliphatic heterocycles. The summed E-state index contributed by atoms with van der Waals surface area (Å²) in [5.41, 5.74) is 1.14. The Labute approximate surface area is 95.2 Å². The van der Waals surface area contributed by atoms with E-state index in [-0.39, 0.29) is 5.56 Å². The molecular weight excluding hydrogens is 206 g/mol. The largest absolute Gasteiger partial charge is 0.496 e. The van der Waals surface area contributed by atoms with Gasteiger partial charge in [-0.05, 0) is 17.7 Å². The van der Waals surface area contributed by atoms with Gasteiger partial charge >= 0.3 is 5.97 Å². The number of rotatable bonds is 5. The van der Waals surface area contributed by atoms with Crippen molar-refractivity contribution in [2.45, 2.75) is 26.4 Å². The van der Waals surface area contributed by atoms with Gasteiger partial charge in [-0.3, -0.25) is 0 Å². The van der Waals surface area contributed by atoms with Crippen LogP contribution < -0.4 is 10.1 Å². The molecule has 0 bridgehead atoms. The van der Waals surface area contributed by atoms with Crippen LogP contribution in [-0.2, 0) is 6.54 Å². The molecule has 4 nitrogen and oxygen atoms in total. The van der Waals surface area contributed by atoms with Crippen LogP contribution in [-0.4, -0.2) is 24.2 Å². The molecule has 0 fully saturated rings. The van der Waals surface area contributed by atoms with E-state index >= 15 is 0 Å². The third kappa shape index (κ3) is 3.24. The zero-order valence-electron chi connectivity index (χ0n) is 9.78. The summed E-state index contributed by atoms with van der Waals surface area (Å²) < 4.78 is 4.99. The first-order valence-corrected chi connectivity index (χ1v) is 5.18. The lowest BCUT2D eigenvalue weighted by molar-refractivity contribution is 0.0693. The van der Waals surface area contributed by atoms with Gasteiger partial charge in [0.2, 0.25) is 0 Å². The van der Waals surface area contributed by atoms with Crippen molar-refractivity contribution in [2.75, 3.05) is 7.11 Å². The standard InChI is InChI=1S/C12H17NO3/c1-8(2)13-7-9-4-5-11(16-3)10(6-9)12(14)15/h4-6,8,13H,7H2,1-3H3,(H,14,15). The fourth-order valence-electron chi connectivity index (χ4n) is 1.35. The van der Waals surface area contributed by atoms with Crippen LogP contribution in [0.25, 0.3) is 0 Å². The number of carbonyl (C=O) groups is 1. The van der Waals surface area contributed by atoms with Crippen molar-refractivity contribution in [2.24, 2.45) is 0 Å². The first-order valence-electron chi connectivity index (χ1n) is 5.18. The van der Waals surface area contributed by atoms with Gasteiger partial charge in [-0.2, -0.15) is 0 Å². The highest BCUT2D eigenvalue weighted by Crippen LogP contribution is 2.19. The molecular formula is C12H17NO3. The predicted octanol–water partition coefficient (Wildman–Crippen LogP) is 1.89. The van der Waals surface area contributed by atoms with E-state index in [2.05, 4.69) is 5.32 Å². The van der Waals surface area contributed by atoms with E-state index in [1.807, 2.05) is 19.9 Å². The van der Waals surface area contributed by atoms with Crippen molar-refractivity contribution in [3.8, 4) is 5.75 Å². The predicted molar refractivity (Wildman–Crippen MR) is 61.9 cm³/mol. The summed E-state index contributed by atoms with van der Waals surface area (Å²) in [4.78, 5) is 11.0. The molecule has 0 radical (unpaired) electrons. The number of hydrogen-bond acceptors (Lipinski definition) is 3. The summed E-state index contributed by atoms with van der Waals surface area (Å²) in [6.45, 7) is 4.74. The highest BCUT2D eigenvalue weighted by atomic mass is 16.5. The number of aromatic carboxylic acids is 1. The summed E-state index contributed by atoms with van der Waals surface area (Å²) in [7, 11) is 1.47. The van der Waals surface area contributed by atoms with E-state index < -0.39 is 5.97 Å². The van der Waals surface area contributed by atoms with E-state index in [4.69, 9.17) is 9.84 Å². The summed E-state index contributed by atoms with van der Waals surface area (Å²) in [6, 6.07) is 5.55. The Bertz CT molecular complexity index is 375.